The third-order valence-electron chi connectivity index (χ3n) is 4.24. The second-order valence-electron chi connectivity index (χ2n) is 5.88. The summed E-state index contributed by atoms with van der Waals surface area (Å²) < 4.78 is 58.6. The molecule has 10 heteroatoms. The number of thiophene rings is 1. The van der Waals surface area contributed by atoms with Crippen molar-refractivity contribution < 1.29 is 21.6 Å². The molecular weight excluding hydrogens is 384 g/mol. The molecule has 0 bridgehead atoms. The minimum atomic E-state index is -3.92. The maximum atomic E-state index is 13.4. The van der Waals surface area contributed by atoms with Crippen LogP contribution in [0.1, 0.15) is 18.2 Å². The van der Waals surface area contributed by atoms with E-state index in [1.165, 1.54) is 15.6 Å². The zero-order chi connectivity index (χ0) is 18.3. The molecule has 0 spiro atoms. The van der Waals surface area contributed by atoms with Crippen LogP contribution in [0.15, 0.2) is 44.3 Å². The molecule has 2 aromatic heterocycles. The van der Waals surface area contributed by atoms with Crippen LogP contribution in [0.25, 0.3) is 11.5 Å². The molecule has 0 aliphatic carbocycles. The average molecular weight is 397 g/mol. The van der Waals surface area contributed by atoms with Gasteiger partial charge in [0.25, 0.3) is 0 Å². The van der Waals surface area contributed by atoms with Gasteiger partial charge in [-0.15, -0.1) is 10.2 Å². The summed E-state index contributed by atoms with van der Waals surface area (Å²) in [6, 6.07) is 4.42. The van der Waals surface area contributed by atoms with Crippen molar-refractivity contribution in [3.8, 4) is 11.5 Å². The van der Waals surface area contributed by atoms with Gasteiger partial charge >= 0.3 is 0 Å². The van der Waals surface area contributed by atoms with Crippen molar-refractivity contribution in [2.45, 2.75) is 17.2 Å². The van der Waals surface area contributed by atoms with E-state index in [9.17, 15) is 17.2 Å². The third kappa shape index (κ3) is 3.04. The van der Waals surface area contributed by atoms with Crippen molar-refractivity contribution in [2.24, 2.45) is 0 Å². The molecule has 6 nitrogen and oxygen atoms in total. The second kappa shape index (κ2) is 6.53. The lowest BCUT2D eigenvalue weighted by molar-refractivity contribution is 0.439. The van der Waals surface area contributed by atoms with Crippen LogP contribution in [0.5, 0.6) is 0 Å². The van der Waals surface area contributed by atoms with E-state index < -0.39 is 21.7 Å². The molecule has 0 N–H and O–H groups in total. The smallest absolute Gasteiger partial charge is 0.248 e. The number of hydrogen-bond donors (Lipinski definition) is 0. The van der Waals surface area contributed by atoms with Crippen LogP contribution in [-0.4, -0.2) is 36.0 Å². The first-order valence-electron chi connectivity index (χ1n) is 7.76. The maximum absolute atomic E-state index is 13.4. The molecule has 1 unspecified atom stereocenters. The highest BCUT2D eigenvalue weighted by atomic mass is 32.2. The molecule has 3 aromatic rings. The Morgan fingerprint density at radius 1 is 1.19 bits per heavy atom. The quantitative estimate of drug-likeness (QED) is 0.675. The topological polar surface area (TPSA) is 76.3 Å². The van der Waals surface area contributed by atoms with Crippen molar-refractivity contribution in [2.75, 3.05) is 13.1 Å². The summed E-state index contributed by atoms with van der Waals surface area (Å²) in [6.07, 6.45) is 0.508. The fourth-order valence-corrected chi connectivity index (χ4v) is 4.98. The van der Waals surface area contributed by atoms with Crippen LogP contribution in [0.3, 0.4) is 0 Å². The van der Waals surface area contributed by atoms with E-state index in [0.717, 1.165) is 17.7 Å². The lowest BCUT2D eigenvalue weighted by atomic mass is 10.1. The minimum absolute atomic E-state index is 0.145. The van der Waals surface area contributed by atoms with Crippen molar-refractivity contribution >= 4 is 21.4 Å². The van der Waals surface area contributed by atoms with Crippen LogP contribution in [0, 0.1) is 11.6 Å². The van der Waals surface area contributed by atoms with E-state index in [1.807, 2.05) is 16.8 Å². The van der Waals surface area contributed by atoms with E-state index in [2.05, 4.69) is 10.2 Å². The Kier molecular flexibility index (Phi) is 4.33. The number of benzene rings is 1. The highest BCUT2D eigenvalue weighted by molar-refractivity contribution is 7.89. The van der Waals surface area contributed by atoms with Crippen LogP contribution in [0.4, 0.5) is 8.78 Å². The highest BCUT2D eigenvalue weighted by Gasteiger charge is 2.36. The standard InChI is InChI=1S/C16H13F2N3O3S2/c17-13-2-1-12(7-14(13)18)26(22,23)21-5-3-10(8-21)15-19-20-16(24-15)11-4-6-25-9-11/h1-2,4,6-7,9-10H,3,5,8H2. The lowest BCUT2D eigenvalue weighted by Crippen LogP contribution is -2.28. The summed E-state index contributed by atoms with van der Waals surface area (Å²) in [5.74, 6) is -1.76. The van der Waals surface area contributed by atoms with E-state index in [0.29, 0.717) is 24.3 Å². The third-order valence-corrected chi connectivity index (χ3v) is 6.78. The second-order valence-corrected chi connectivity index (χ2v) is 8.60. The first-order chi connectivity index (χ1) is 12.4. The monoisotopic (exact) mass is 397 g/mol. The molecule has 1 fully saturated rings. The van der Waals surface area contributed by atoms with Gasteiger partial charge in [-0.3, -0.25) is 0 Å². The molecule has 0 saturated carbocycles. The van der Waals surface area contributed by atoms with Crippen molar-refractivity contribution in [3.63, 3.8) is 0 Å². The van der Waals surface area contributed by atoms with Crippen molar-refractivity contribution in [1.82, 2.24) is 14.5 Å². The first kappa shape index (κ1) is 17.3. The summed E-state index contributed by atoms with van der Waals surface area (Å²) in [5.41, 5.74) is 0.818. The Hall–Kier alpha value is -2.17. The number of nitrogens with zero attached hydrogens (tertiary/aromatic N) is 3. The molecule has 26 heavy (non-hydrogen) atoms. The Bertz CT molecular complexity index is 1030. The van der Waals surface area contributed by atoms with Gasteiger partial charge in [-0.2, -0.15) is 15.6 Å². The molecule has 1 atom stereocenters. The lowest BCUT2D eigenvalue weighted by Gasteiger charge is -2.16. The summed E-state index contributed by atoms with van der Waals surface area (Å²) in [7, 11) is -3.92. The molecule has 1 aliphatic rings. The predicted molar refractivity (Wildman–Crippen MR) is 90.1 cm³/mol. The van der Waals surface area contributed by atoms with Crippen LogP contribution in [0.2, 0.25) is 0 Å². The molecule has 1 aromatic carbocycles. The van der Waals surface area contributed by atoms with Crippen molar-refractivity contribution in [3.05, 3.63) is 52.6 Å². The van der Waals surface area contributed by atoms with Gasteiger partial charge < -0.3 is 4.42 Å². The van der Waals surface area contributed by atoms with E-state index in [-0.39, 0.29) is 23.9 Å². The normalized spacial score (nSPS) is 18.5. The van der Waals surface area contributed by atoms with Gasteiger partial charge in [0.05, 0.1) is 10.8 Å². The molecule has 0 amide bonds. The fraction of sp³-hybridized carbons (Fsp3) is 0.250. The molecule has 3 heterocycles. The van der Waals surface area contributed by atoms with Gasteiger partial charge in [0, 0.05) is 24.0 Å². The Labute approximate surface area is 152 Å². The van der Waals surface area contributed by atoms with Crippen molar-refractivity contribution in [1.29, 1.82) is 0 Å². The minimum Gasteiger partial charge on any atom is -0.420 e. The highest BCUT2D eigenvalue weighted by Crippen LogP contribution is 2.32. The average Bonchev–Trinajstić information content (AvgIpc) is 3.37. The van der Waals surface area contributed by atoms with E-state index in [4.69, 9.17) is 4.42 Å². The fourth-order valence-electron chi connectivity index (χ4n) is 2.84. The summed E-state index contributed by atoms with van der Waals surface area (Å²) >= 11 is 1.51. The maximum Gasteiger partial charge on any atom is 0.248 e. The largest absolute Gasteiger partial charge is 0.420 e. The summed E-state index contributed by atoms with van der Waals surface area (Å²) in [6.45, 7) is 0.384. The van der Waals surface area contributed by atoms with Gasteiger partial charge in [-0.05, 0) is 36.1 Å². The van der Waals surface area contributed by atoms with Gasteiger partial charge in [-0.25, -0.2) is 17.2 Å². The van der Waals surface area contributed by atoms with Crippen LogP contribution < -0.4 is 0 Å². The zero-order valence-corrected chi connectivity index (χ0v) is 14.9. The molecule has 136 valence electrons. The molecule has 0 radical (unpaired) electrons. The van der Waals surface area contributed by atoms with Crippen LogP contribution in [-0.2, 0) is 10.0 Å². The number of hydrogen-bond acceptors (Lipinski definition) is 6. The summed E-state index contributed by atoms with van der Waals surface area (Å²) in [5, 5.41) is 11.8. The predicted octanol–water partition coefficient (Wildman–Crippen LogP) is 3.25. The number of aromatic nitrogens is 2. The number of rotatable bonds is 4. The van der Waals surface area contributed by atoms with Gasteiger partial charge in [0.1, 0.15) is 0 Å². The Morgan fingerprint density at radius 2 is 2.04 bits per heavy atom. The zero-order valence-electron chi connectivity index (χ0n) is 13.3. The Morgan fingerprint density at radius 3 is 2.77 bits per heavy atom. The van der Waals surface area contributed by atoms with E-state index >= 15 is 0 Å². The van der Waals surface area contributed by atoms with Gasteiger partial charge in [-0.1, -0.05) is 0 Å². The van der Waals surface area contributed by atoms with Gasteiger partial charge in [0.2, 0.25) is 21.8 Å². The van der Waals surface area contributed by atoms with E-state index in [1.54, 1.807) is 0 Å². The molecule has 4 rings (SSSR count). The van der Waals surface area contributed by atoms with Gasteiger partial charge in [0.15, 0.2) is 11.6 Å². The number of sulfonamides is 1. The van der Waals surface area contributed by atoms with Crippen LogP contribution >= 0.6 is 11.3 Å². The Balaban J connectivity index is 1.54. The molecule has 1 aliphatic heterocycles. The molecule has 1 saturated heterocycles. The SMILES string of the molecule is O=S(=O)(c1ccc(F)c(F)c1)N1CCC(c2nnc(-c3ccsc3)o2)C1. The molecular formula is C16H13F2N3O3S2. The number of halogens is 2. The summed E-state index contributed by atoms with van der Waals surface area (Å²) in [4.78, 5) is -0.276. The first-order valence-corrected chi connectivity index (χ1v) is 10.1.